The maximum Gasteiger partial charge on any atom is 0.127 e. The third-order valence-electron chi connectivity index (χ3n) is 3.23. The van der Waals surface area contributed by atoms with Gasteiger partial charge in [-0.25, -0.2) is 0 Å². The van der Waals surface area contributed by atoms with Crippen molar-refractivity contribution in [2.45, 2.75) is 11.8 Å². The van der Waals surface area contributed by atoms with Gasteiger partial charge in [0.25, 0.3) is 0 Å². The average molecular weight is 393 g/mol. The van der Waals surface area contributed by atoms with E-state index in [2.05, 4.69) is 15.9 Å². The summed E-state index contributed by atoms with van der Waals surface area (Å²) in [4.78, 5) is 0. The second kappa shape index (κ2) is 5.76. The Morgan fingerprint density at radius 1 is 1.05 bits per heavy atom. The average Bonchev–Trinajstić information content (AvgIpc) is 2.83. The molecule has 0 saturated carbocycles. The van der Waals surface area contributed by atoms with Crippen LogP contribution in [0.5, 0.6) is 5.75 Å². The van der Waals surface area contributed by atoms with Crippen molar-refractivity contribution in [3.05, 3.63) is 61.5 Å². The maximum absolute atomic E-state index is 6.61. The Hall–Kier alpha value is -0.410. The van der Waals surface area contributed by atoms with Crippen LogP contribution >= 0.6 is 50.7 Å². The van der Waals surface area contributed by atoms with Crippen molar-refractivity contribution in [3.8, 4) is 5.75 Å². The lowest BCUT2D eigenvalue weighted by Crippen LogP contribution is -1.98. The molecule has 1 heterocycles. The number of halogens is 4. The van der Waals surface area contributed by atoms with E-state index in [4.69, 9.17) is 39.5 Å². The molecule has 1 aliphatic rings. The van der Waals surface area contributed by atoms with Gasteiger partial charge in [-0.1, -0.05) is 39.1 Å². The largest absolute Gasteiger partial charge is 0.493 e. The van der Waals surface area contributed by atoms with E-state index < -0.39 is 0 Å². The predicted molar refractivity (Wildman–Crippen MR) is 87.5 cm³/mol. The molecule has 1 nitrogen and oxygen atoms in total. The lowest BCUT2D eigenvalue weighted by Gasteiger charge is -2.15. The van der Waals surface area contributed by atoms with Crippen molar-refractivity contribution in [2.75, 3.05) is 6.61 Å². The van der Waals surface area contributed by atoms with Crippen LogP contribution in [-0.2, 0) is 6.42 Å². The molecule has 0 aliphatic carbocycles. The Labute approximate surface area is 140 Å². The predicted octanol–water partition coefficient (Wildman–Crippen LogP) is 6.02. The molecule has 3 rings (SSSR count). The summed E-state index contributed by atoms with van der Waals surface area (Å²) in [6.45, 7) is 0.672. The number of fused-ring (bicyclic) bond motifs is 1. The molecule has 0 fully saturated rings. The first kappa shape index (κ1) is 14.5. The number of alkyl halides is 1. The normalized spacial score (nSPS) is 14.8. The van der Waals surface area contributed by atoms with Crippen molar-refractivity contribution < 1.29 is 4.74 Å². The van der Waals surface area contributed by atoms with Crippen LogP contribution in [0.25, 0.3) is 0 Å². The lowest BCUT2D eigenvalue weighted by molar-refractivity contribution is 0.353. The molecule has 5 heteroatoms. The fraction of sp³-hybridized carbons (Fsp3) is 0.200. The Morgan fingerprint density at radius 3 is 2.55 bits per heavy atom. The molecular weight excluding hydrogens is 382 g/mol. The number of benzene rings is 2. The van der Waals surface area contributed by atoms with Gasteiger partial charge < -0.3 is 4.74 Å². The first-order valence-electron chi connectivity index (χ1n) is 6.10. The zero-order chi connectivity index (χ0) is 14.3. The van der Waals surface area contributed by atoms with Gasteiger partial charge in [0.1, 0.15) is 5.75 Å². The summed E-state index contributed by atoms with van der Waals surface area (Å²) < 4.78 is 6.59. The number of ether oxygens (including phenoxy) is 1. The van der Waals surface area contributed by atoms with Gasteiger partial charge in [-0.3, -0.25) is 0 Å². The summed E-state index contributed by atoms with van der Waals surface area (Å²) in [7, 11) is 0. The van der Waals surface area contributed by atoms with Crippen LogP contribution in [0.1, 0.15) is 22.1 Å². The van der Waals surface area contributed by atoms with Crippen LogP contribution in [0.2, 0.25) is 10.0 Å². The Balaban J connectivity index is 2.08. The highest BCUT2D eigenvalue weighted by Gasteiger charge is 2.23. The summed E-state index contributed by atoms with van der Waals surface area (Å²) in [5, 5.41) is 0.964. The van der Waals surface area contributed by atoms with Crippen LogP contribution < -0.4 is 4.74 Å². The summed E-state index contributed by atoms with van der Waals surface area (Å²) >= 11 is 22.3. The molecule has 2 aromatic rings. The summed E-state index contributed by atoms with van der Waals surface area (Å²) in [5.41, 5.74) is 2.91. The molecule has 1 unspecified atom stereocenters. The third-order valence-corrected chi connectivity index (χ3v) is 4.61. The zero-order valence-corrected chi connectivity index (χ0v) is 14.2. The van der Waals surface area contributed by atoms with Gasteiger partial charge in [-0.15, -0.1) is 11.6 Å². The van der Waals surface area contributed by atoms with Gasteiger partial charge in [0.05, 0.1) is 12.0 Å². The third kappa shape index (κ3) is 2.80. The van der Waals surface area contributed by atoms with Crippen LogP contribution in [0.3, 0.4) is 0 Å². The van der Waals surface area contributed by atoms with Crippen LogP contribution in [0.15, 0.2) is 34.8 Å². The first-order chi connectivity index (χ1) is 9.54. The molecule has 0 amide bonds. The monoisotopic (exact) mass is 390 g/mol. The molecule has 2 aromatic carbocycles. The maximum atomic E-state index is 6.61. The molecule has 0 spiro atoms. The second-order valence-electron chi connectivity index (χ2n) is 4.65. The summed E-state index contributed by atoms with van der Waals surface area (Å²) in [6, 6.07) is 9.43. The molecule has 1 aliphatic heterocycles. The highest BCUT2D eigenvalue weighted by Crippen LogP contribution is 2.42. The Bertz CT molecular complexity index is 652. The molecule has 0 bridgehead atoms. The summed E-state index contributed by atoms with van der Waals surface area (Å²) in [5.74, 6) is 0.852. The van der Waals surface area contributed by atoms with Crippen molar-refractivity contribution >= 4 is 50.7 Å². The van der Waals surface area contributed by atoms with Crippen molar-refractivity contribution in [1.82, 2.24) is 0 Å². The minimum absolute atomic E-state index is 0.351. The topological polar surface area (TPSA) is 9.23 Å². The number of rotatable bonds is 2. The molecule has 0 radical (unpaired) electrons. The zero-order valence-electron chi connectivity index (χ0n) is 10.3. The highest BCUT2D eigenvalue weighted by molar-refractivity contribution is 9.10. The van der Waals surface area contributed by atoms with Crippen molar-refractivity contribution in [3.63, 3.8) is 0 Å². The lowest BCUT2D eigenvalue weighted by atomic mass is 10.0. The Kier molecular flexibility index (Phi) is 4.19. The van der Waals surface area contributed by atoms with Gasteiger partial charge in [0.15, 0.2) is 0 Å². The van der Waals surface area contributed by atoms with E-state index in [0.29, 0.717) is 16.7 Å². The van der Waals surface area contributed by atoms with Gasteiger partial charge in [-0.2, -0.15) is 0 Å². The fourth-order valence-corrected chi connectivity index (χ4v) is 3.81. The smallest absolute Gasteiger partial charge is 0.127 e. The van der Waals surface area contributed by atoms with E-state index in [-0.39, 0.29) is 5.38 Å². The van der Waals surface area contributed by atoms with Gasteiger partial charge in [-0.05, 0) is 41.5 Å². The highest BCUT2D eigenvalue weighted by atomic mass is 79.9. The van der Waals surface area contributed by atoms with Crippen LogP contribution in [0.4, 0.5) is 0 Å². The fourth-order valence-electron chi connectivity index (χ4n) is 2.39. The van der Waals surface area contributed by atoms with E-state index >= 15 is 0 Å². The van der Waals surface area contributed by atoms with Crippen molar-refractivity contribution in [1.29, 1.82) is 0 Å². The molecule has 0 aromatic heterocycles. The molecule has 20 heavy (non-hydrogen) atoms. The molecule has 0 saturated heterocycles. The van der Waals surface area contributed by atoms with Crippen molar-refractivity contribution in [2.24, 2.45) is 0 Å². The van der Waals surface area contributed by atoms with E-state index in [0.717, 1.165) is 33.3 Å². The van der Waals surface area contributed by atoms with E-state index in [1.165, 1.54) is 0 Å². The number of hydrogen-bond acceptors (Lipinski definition) is 1. The van der Waals surface area contributed by atoms with E-state index in [9.17, 15) is 0 Å². The van der Waals surface area contributed by atoms with Crippen LogP contribution in [0, 0.1) is 0 Å². The van der Waals surface area contributed by atoms with Gasteiger partial charge in [0.2, 0.25) is 0 Å². The second-order valence-corrected chi connectivity index (χ2v) is 6.87. The summed E-state index contributed by atoms with van der Waals surface area (Å²) in [6.07, 6.45) is 0.867. The Morgan fingerprint density at radius 2 is 1.80 bits per heavy atom. The SMILES string of the molecule is Clc1cc(Br)cc(C(Cl)c2cc(Cl)cc3c2OCC3)c1. The minimum Gasteiger partial charge on any atom is -0.493 e. The van der Waals surface area contributed by atoms with E-state index in [1.807, 2.05) is 30.3 Å². The standard InChI is InChI=1S/C15H10BrCl3O/c16-10-3-9(5-11(17)6-10)14(19)13-7-12(18)4-8-1-2-20-15(8)13/h3-7,14H,1-2H2. The molecule has 1 atom stereocenters. The van der Waals surface area contributed by atoms with Gasteiger partial charge in [0, 0.05) is 26.5 Å². The number of hydrogen-bond donors (Lipinski definition) is 0. The van der Waals surface area contributed by atoms with Gasteiger partial charge >= 0.3 is 0 Å². The molecule has 104 valence electrons. The quantitative estimate of drug-likeness (QED) is 0.568. The first-order valence-corrected chi connectivity index (χ1v) is 8.08. The van der Waals surface area contributed by atoms with E-state index in [1.54, 1.807) is 0 Å². The molecular formula is C15H10BrCl3O. The molecule has 0 N–H and O–H groups in total. The minimum atomic E-state index is -0.351. The van der Waals surface area contributed by atoms with Crippen LogP contribution in [-0.4, -0.2) is 6.61 Å².